The Kier molecular flexibility index (Phi) is 3.98. The van der Waals surface area contributed by atoms with Crippen LogP contribution in [0, 0.1) is 0 Å². The summed E-state index contributed by atoms with van der Waals surface area (Å²) in [6.45, 7) is 4.80. The zero-order valence-electron chi connectivity index (χ0n) is 10.2. The number of aliphatic carboxylic acids is 1. The zero-order valence-corrected chi connectivity index (χ0v) is 10.2. The van der Waals surface area contributed by atoms with E-state index in [1.165, 1.54) is 0 Å². The highest BCUT2D eigenvalue weighted by Crippen LogP contribution is 2.16. The second kappa shape index (κ2) is 5.30. The van der Waals surface area contributed by atoms with Gasteiger partial charge in [-0.15, -0.1) is 0 Å². The van der Waals surface area contributed by atoms with E-state index in [2.05, 4.69) is 22.6 Å². The summed E-state index contributed by atoms with van der Waals surface area (Å²) in [5, 5.41) is 15.4. The summed E-state index contributed by atoms with van der Waals surface area (Å²) < 4.78 is 5.65. The van der Waals surface area contributed by atoms with Gasteiger partial charge in [-0.2, -0.15) is 0 Å². The van der Waals surface area contributed by atoms with Crippen LogP contribution in [0.15, 0.2) is 0 Å². The molecule has 0 spiro atoms. The Bertz CT molecular complexity index is 281. The summed E-state index contributed by atoms with van der Waals surface area (Å²) in [5.41, 5.74) is -0.273. The molecule has 2 rings (SSSR count). The Morgan fingerprint density at radius 3 is 2.94 bits per heavy atom. The molecule has 2 heterocycles. The molecule has 2 fully saturated rings. The van der Waals surface area contributed by atoms with Gasteiger partial charge >= 0.3 is 5.97 Å². The van der Waals surface area contributed by atoms with E-state index in [-0.39, 0.29) is 18.1 Å². The van der Waals surface area contributed by atoms with Crippen molar-refractivity contribution in [2.24, 2.45) is 0 Å². The Labute approximate surface area is 101 Å². The second-order valence-electron chi connectivity index (χ2n) is 5.09. The molecule has 6 heteroatoms. The van der Waals surface area contributed by atoms with Gasteiger partial charge in [-0.05, 0) is 7.05 Å². The zero-order chi connectivity index (χ0) is 12.3. The smallest absolute Gasteiger partial charge is 0.305 e. The van der Waals surface area contributed by atoms with Crippen LogP contribution in [0.1, 0.15) is 6.42 Å². The number of likely N-dealkylation sites (N-methyl/N-ethyl adjacent to an activating group) is 1. The summed E-state index contributed by atoms with van der Waals surface area (Å²) in [7, 11) is 2.08. The van der Waals surface area contributed by atoms with Crippen molar-refractivity contribution in [2.75, 3.05) is 46.4 Å². The van der Waals surface area contributed by atoms with Crippen LogP contribution in [0.2, 0.25) is 0 Å². The summed E-state index contributed by atoms with van der Waals surface area (Å²) in [4.78, 5) is 13.0. The van der Waals surface area contributed by atoms with Crippen LogP contribution >= 0.6 is 0 Å². The lowest BCUT2D eigenvalue weighted by Crippen LogP contribution is -2.69. The molecule has 0 saturated carbocycles. The molecule has 2 aliphatic rings. The van der Waals surface area contributed by atoms with Crippen LogP contribution in [0.3, 0.4) is 0 Å². The molecule has 17 heavy (non-hydrogen) atoms. The van der Waals surface area contributed by atoms with Crippen LogP contribution in [-0.4, -0.2) is 74.0 Å². The second-order valence-corrected chi connectivity index (χ2v) is 5.09. The number of carboxylic acids is 1. The maximum absolute atomic E-state index is 10.8. The molecule has 0 aromatic rings. The number of carbonyl (C=O) groups is 1. The maximum Gasteiger partial charge on any atom is 0.305 e. The predicted molar refractivity (Wildman–Crippen MR) is 63.1 cm³/mol. The quantitative estimate of drug-likeness (QED) is 0.559. The van der Waals surface area contributed by atoms with Crippen molar-refractivity contribution in [1.82, 2.24) is 15.5 Å². The van der Waals surface area contributed by atoms with Crippen LogP contribution in [-0.2, 0) is 9.53 Å². The van der Waals surface area contributed by atoms with Crippen LogP contribution in [0.4, 0.5) is 0 Å². The van der Waals surface area contributed by atoms with Gasteiger partial charge in [-0.1, -0.05) is 0 Å². The molecular weight excluding hydrogens is 222 g/mol. The third-order valence-corrected chi connectivity index (χ3v) is 3.46. The van der Waals surface area contributed by atoms with E-state index in [1.807, 2.05) is 0 Å². The van der Waals surface area contributed by atoms with Crippen molar-refractivity contribution in [3.8, 4) is 0 Å². The molecule has 0 amide bonds. The van der Waals surface area contributed by atoms with Crippen molar-refractivity contribution < 1.29 is 14.6 Å². The number of carboxylic acid groups (broad SMARTS) is 1. The van der Waals surface area contributed by atoms with Gasteiger partial charge in [0.15, 0.2) is 0 Å². The minimum atomic E-state index is -0.749. The Hall–Kier alpha value is -0.690. The summed E-state index contributed by atoms with van der Waals surface area (Å²) in [5.74, 6) is -0.749. The first-order valence-electron chi connectivity index (χ1n) is 6.07. The lowest BCUT2D eigenvalue weighted by Gasteiger charge is -2.44. The maximum atomic E-state index is 10.8. The summed E-state index contributed by atoms with van der Waals surface area (Å²) >= 11 is 0. The van der Waals surface area contributed by atoms with Crippen molar-refractivity contribution >= 4 is 5.97 Å². The highest BCUT2D eigenvalue weighted by Gasteiger charge is 2.39. The van der Waals surface area contributed by atoms with Gasteiger partial charge in [0.05, 0.1) is 24.7 Å². The average molecular weight is 243 g/mol. The number of ether oxygens (including phenoxy) is 1. The molecule has 2 aliphatic heterocycles. The molecule has 3 N–H and O–H groups in total. The number of hydrogen-bond acceptors (Lipinski definition) is 5. The number of nitrogens with one attached hydrogen (secondary N) is 2. The first kappa shape index (κ1) is 12.8. The van der Waals surface area contributed by atoms with E-state index in [0.29, 0.717) is 0 Å². The summed E-state index contributed by atoms with van der Waals surface area (Å²) in [6.07, 6.45) is 0.336. The number of hydrogen-bond donors (Lipinski definition) is 3. The highest BCUT2D eigenvalue weighted by atomic mass is 16.5. The van der Waals surface area contributed by atoms with E-state index >= 15 is 0 Å². The third-order valence-electron chi connectivity index (χ3n) is 3.46. The highest BCUT2D eigenvalue weighted by molar-refractivity contribution is 5.68. The molecular formula is C11H21N3O3. The van der Waals surface area contributed by atoms with E-state index in [4.69, 9.17) is 9.84 Å². The van der Waals surface area contributed by atoms with Crippen LogP contribution in [0.5, 0.6) is 0 Å². The number of morpholine rings is 1. The molecule has 0 bridgehead atoms. The fourth-order valence-corrected chi connectivity index (χ4v) is 2.35. The first-order valence-corrected chi connectivity index (χ1v) is 6.07. The standard InChI is InChI=1S/C11H21N3O3/c1-14-2-3-17-9(6-14)5-13-11(4-10(15)16)7-12-8-11/h9,12-13H,2-8H2,1H3,(H,15,16). The molecule has 6 nitrogen and oxygen atoms in total. The predicted octanol–water partition coefficient (Wildman–Crippen LogP) is -1.28. The van der Waals surface area contributed by atoms with E-state index in [0.717, 1.165) is 39.3 Å². The minimum absolute atomic E-state index is 0.167. The van der Waals surface area contributed by atoms with E-state index in [9.17, 15) is 4.79 Å². The average Bonchev–Trinajstić information content (AvgIpc) is 2.21. The Balaban J connectivity index is 1.77. The monoisotopic (exact) mass is 243 g/mol. The molecule has 0 aromatic carbocycles. The van der Waals surface area contributed by atoms with Crippen LogP contribution < -0.4 is 10.6 Å². The van der Waals surface area contributed by atoms with Gasteiger partial charge in [-0.25, -0.2) is 0 Å². The van der Waals surface area contributed by atoms with Gasteiger partial charge in [0, 0.05) is 32.7 Å². The minimum Gasteiger partial charge on any atom is -0.481 e. The molecule has 1 unspecified atom stereocenters. The normalized spacial score (nSPS) is 28.6. The Morgan fingerprint density at radius 2 is 2.41 bits per heavy atom. The van der Waals surface area contributed by atoms with Crippen molar-refractivity contribution in [1.29, 1.82) is 0 Å². The number of nitrogens with zero attached hydrogens (tertiary/aromatic N) is 1. The molecule has 0 aliphatic carbocycles. The van der Waals surface area contributed by atoms with Crippen molar-refractivity contribution in [2.45, 2.75) is 18.1 Å². The Morgan fingerprint density at radius 1 is 1.65 bits per heavy atom. The van der Waals surface area contributed by atoms with Crippen molar-refractivity contribution in [3.05, 3.63) is 0 Å². The van der Waals surface area contributed by atoms with E-state index < -0.39 is 5.97 Å². The lowest BCUT2D eigenvalue weighted by molar-refractivity contribution is -0.139. The lowest BCUT2D eigenvalue weighted by atomic mass is 9.88. The molecule has 1 atom stereocenters. The topological polar surface area (TPSA) is 73.8 Å². The van der Waals surface area contributed by atoms with Gasteiger partial charge < -0.3 is 25.4 Å². The third kappa shape index (κ3) is 3.38. The fourth-order valence-electron chi connectivity index (χ4n) is 2.35. The molecule has 0 aromatic heterocycles. The van der Waals surface area contributed by atoms with Gasteiger partial charge in [-0.3, -0.25) is 4.79 Å². The van der Waals surface area contributed by atoms with Crippen LogP contribution in [0.25, 0.3) is 0 Å². The van der Waals surface area contributed by atoms with Gasteiger partial charge in [0.1, 0.15) is 0 Å². The molecule has 2 saturated heterocycles. The first-order chi connectivity index (χ1) is 8.10. The largest absolute Gasteiger partial charge is 0.481 e. The van der Waals surface area contributed by atoms with Gasteiger partial charge in [0.2, 0.25) is 0 Å². The fraction of sp³-hybridized carbons (Fsp3) is 0.909. The van der Waals surface area contributed by atoms with Gasteiger partial charge in [0.25, 0.3) is 0 Å². The molecule has 98 valence electrons. The van der Waals surface area contributed by atoms with Crippen molar-refractivity contribution in [3.63, 3.8) is 0 Å². The van der Waals surface area contributed by atoms with E-state index in [1.54, 1.807) is 0 Å². The number of rotatable bonds is 5. The molecule has 0 radical (unpaired) electrons. The summed E-state index contributed by atoms with van der Waals surface area (Å²) in [6, 6.07) is 0. The SMILES string of the molecule is CN1CCOC(CNC2(CC(=O)O)CNC2)C1.